The number of rotatable bonds is 6. The van der Waals surface area contributed by atoms with Crippen LogP contribution in [0.2, 0.25) is 0 Å². The highest BCUT2D eigenvalue weighted by Crippen LogP contribution is 2.24. The zero-order chi connectivity index (χ0) is 17.6. The maximum atomic E-state index is 12.3. The number of anilines is 1. The van der Waals surface area contributed by atoms with E-state index >= 15 is 0 Å². The molecule has 0 spiro atoms. The molecule has 0 aliphatic rings. The third-order valence-corrected chi connectivity index (χ3v) is 4.19. The Hall–Kier alpha value is -2.93. The lowest BCUT2D eigenvalue weighted by Gasteiger charge is -2.13. The molecular weight excluding hydrogens is 338 g/mol. The number of hydrogen-bond acceptors (Lipinski definition) is 6. The Kier molecular flexibility index (Phi) is 5.25. The molecule has 0 bridgehead atoms. The Labute approximate surface area is 149 Å². The molecule has 1 atom stereocenters. The van der Waals surface area contributed by atoms with Gasteiger partial charge in [-0.2, -0.15) is 0 Å². The number of hydrogen-bond donors (Lipinski definition) is 1. The summed E-state index contributed by atoms with van der Waals surface area (Å²) in [4.78, 5) is 20.8. The largest absolute Gasteiger partial charge is 0.497 e. The van der Waals surface area contributed by atoms with E-state index in [2.05, 4.69) is 15.3 Å². The Morgan fingerprint density at radius 1 is 1.20 bits per heavy atom. The van der Waals surface area contributed by atoms with Crippen molar-refractivity contribution in [3.8, 4) is 22.8 Å². The van der Waals surface area contributed by atoms with E-state index < -0.39 is 6.10 Å². The first-order chi connectivity index (χ1) is 12.2. The van der Waals surface area contributed by atoms with Gasteiger partial charge in [0.25, 0.3) is 5.91 Å². The summed E-state index contributed by atoms with van der Waals surface area (Å²) in [7, 11) is 1.60. The first-order valence-electron chi connectivity index (χ1n) is 7.63. The fourth-order valence-corrected chi connectivity index (χ4v) is 2.82. The van der Waals surface area contributed by atoms with Crippen molar-refractivity contribution < 1.29 is 14.3 Å². The van der Waals surface area contributed by atoms with Gasteiger partial charge in [-0.1, -0.05) is 0 Å². The fraction of sp³-hybridized carbons (Fsp3) is 0.167. The summed E-state index contributed by atoms with van der Waals surface area (Å²) in [6.45, 7) is 1.69. The highest BCUT2D eigenvalue weighted by Gasteiger charge is 2.16. The Morgan fingerprint density at radius 3 is 2.64 bits per heavy atom. The van der Waals surface area contributed by atoms with E-state index in [0.29, 0.717) is 10.9 Å². The van der Waals surface area contributed by atoms with Crippen LogP contribution in [0.1, 0.15) is 6.92 Å². The van der Waals surface area contributed by atoms with Crippen molar-refractivity contribution in [1.29, 1.82) is 0 Å². The average molecular weight is 355 g/mol. The van der Waals surface area contributed by atoms with Crippen LogP contribution in [0.15, 0.2) is 54.2 Å². The number of carbonyl (C=O) groups is 1. The van der Waals surface area contributed by atoms with E-state index in [1.807, 2.05) is 17.5 Å². The maximum Gasteiger partial charge on any atom is 0.266 e. The van der Waals surface area contributed by atoms with Gasteiger partial charge in [0.2, 0.25) is 0 Å². The first-order valence-corrected chi connectivity index (χ1v) is 8.51. The SMILES string of the molecule is COc1ccc(OC(C)C(=O)Nc2nc(-c3cccnc3)cs2)cc1. The van der Waals surface area contributed by atoms with Crippen LogP contribution in [0.5, 0.6) is 11.5 Å². The summed E-state index contributed by atoms with van der Waals surface area (Å²) < 4.78 is 10.7. The molecule has 0 aliphatic carbocycles. The second kappa shape index (κ2) is 7.76. The van der Waals surface area contributed by atoms with E-state index in [1.165, 1.54) is 11.3 Å². The molecule has 1 amide bonds. The summed E-state index contributed by atoms with van der Waals surface area (Å²) in [6.07, 6.45) is 2.78. The van der Waals surface area contributed by atoms with E-state index in [0.717, 1.165) is 17.0 Å². The van der Waals surface area contributed by atoms with Gasteiger partial charge in [0.05, 0.1) is 12.8 Å². The summed E-state index contributed by atoms with van der Waals surface area (Å²) >= 11 is 1.36. The van der Waals surface area contributed by atoms with Crippen LogP contribution in [0.3, 0.4) is 0 Å². The average Bonchev–Trinajstić information content (AvgIpc) is 3.11. The van der Waals surface area contributed by atoms with Crippen molar-refractivity contribution in [2.24, 2.45) is 0 Å². The van der Waals surface area contributed by atoms with Crippen LogP contribution in [0, 0.1) is 0 Å². The quantitative estimate of drug-likeness (QED) is 0.731. The van der Waals surface area contributed by atoms with Gasteiger partial charge in [-0.3, -0.25) is 15.1 Å². The van der Waals surface area contributed by atoms with E-state index in [4.69, 9.17) is 9.47 Å². The predicted molar refractivity (Wildman–Crippen MR) is 97.1 cm³/mol. The molecule has 3 rings (SSSR count). The molecule has 0 aliphatic heterocycles. The minimum atomic E-state index is -0.654. The molecule has 0 saturated carbocycles. The number of nitrogens with zero attached hydrogens (tertiary/aromatic N) is 2. The van der Waals surface area contributed by atoms with Crippen LogP contribution in [-0.2, 0) is 4.79 Å². The number of aromatic nitrogens is 2. The number of nitrogens with one attached hydrogen (secondary N) is 1. The van der Waals surface area contributed by atoms with Gasteiger partial charge < -0.3 is 9.47 Å². The van der Waals surface area contributed by atoms with E-state index in [1.54, 1.807) is 50.7 Å². The van der Waals surface area contributed by atoms with E-state index in [-0.39, 0.29) is 5.91 Å². The van der Waals surface area contributed by atoms with Gasteiger partial charge in [-0.15, -0.1) is 11.3 Å². The van der Waals surface area contributed by atoms with Crippen molar-refractivity contribution in [3.63, 3.8) is 0 Å². The Morgan fingerprint density at radius 2 is 1.96 bits per heavy atom. The lowest BCUT2D eigenvalue weighted by atomic mass is 10.2. The van der Waals surface area contributed by atoms with Crippen LogP contribution < -0.4 is 14.8 Å². The molecular formula is C18H17N3O3S. The van der Waals surface area contributed by atoms with Gasteiger partial charge in [0, 0.05) is 23.3 Å². The number of ether oxygens (including phenoxy) is 2. The number of thiazole rings is 1. The number of amides is 1. The molecule has 3 aromatic rings. The van der Waals surface area contributed by atoms with Gasteiger partial charge in [-0.25, -0.2) is 4.98 Å². The molecule has 0 saturated heterocycles. The first kappa shape index (κ1) is 16.9. The van der Waals surface area contributed by atoms with Crippen LogP contribution in [0.25, 0.3) is 11.3 Å². The molecule has 0 radical (unpaired) electrons. The second-order valence-corrected chi connectivity index (χ2v) is 6.06. The lowest BCUT2D eigenvalue weighted by molar-refractivity contribution is -0.122. The number of benzene rings is 1. The predicted octanol–water partition coefficient (Wildman–Crippen LogP) is 3.62. The zero-order valence-electron chi connectivity index (χ0n) is 13.8. The molecule has 1 unspecified atom stereocenters. The molecule has 6 nitrogen and oxygen atoms in total. The summed E-state index contributed by atoms with van der Waals surface area (Å²) in [5, 5.41) is 5.17. The molecule has 1 aromatic carbocycles. The van der Waals surface area contributed by atoms with E-state index in [9.17, 15) is 4.79 Å². The van der Waals surface area contributed by atoms with Crippen molar-refractivity contribution in [3.05, 3.63) is 54.2 Å². The van der Waals surface area contributed by atoms with Crippen molar-refractivity contribution in [1.82, 2.24) is 9.97 Å². The minimum Gasteiger partial charge on any atom is -0.497 e. The van der Waals surface area contributed by atoms with Gasteiger partial charge in [0.1, 0.15) is 11.5 Å². The van der Waals surface area contributed by atoms with Gasteiger partial charge in [-0.05, 0) is 43.3 Å². The Bertz CT molecular complexity index is 834. The van der Waals surface area contributed by atoms with Gasteiger partial charge in [0.15, 0.2) is 11.2 Å². The summed E-state index contributed by atoms with van der Waals surface area (Å²) in [6, 6.07) is 10.8. The fourth-order valence-electron chi connectivity index (χ4n) is 2.10. The van der Waals surface area contributed by atoms with Crippen LogP contribution in [0.4, 0.5) is 5.13 Å². The topological polar surface area (TPSA) is 73.3 Å². The minimum absolute atomic E-state index is 0.261. The van der Waals surface area contributed by atoms with Crippen LogP contribution in [-0.4, -0.2) is 29.1 Å². The Balaban J connectivity index is 1.60. The van der Waals surface area contributed by atoms with Crippen molar-refractivity contribution >= 4 is 22.4 Å². The highest BCUT2D eigenvalue weighted by atomic mass is 32.1. The molecule has 0 fully saturated rings. The normalized spacial score (nSPS) is 11.6. The molecule has 7 heteroatoms. The molecule has 2 heterocycles. The number of methoxy groups -OCH3 is 1. The lowest BCUT2D eigenvalue weighted by Crippen LogP contribution is -2.30. The molecule has 128 valence electrons. The molecule has 1 N–H and O–H groups in total. The third-order valence-electron chi connectivity index (χ3n) is 3.43. The van der Waals surface area contributed by atoms with Gasteiger partial charge >= 0.3 is 0 Å². The second-order valence-electron chi connectivity index (χ2n) is 5.20. The zero-order valence-corrected chi connectivity index (χ0v) is 14.6. The third kappa shape index (κ3) is 4.33. The van der Waals surface area contributed by atoms with Crippen LogP contribution >= 0.6 is 11.3 Å². The summed E-state index contributed by atoms with van der Waals surface area (Å²) in [5.74, 6) is 1.07. The maximum absolute atomic E-state index is 12.3. The smallest absolute Gasteiger partial charge is 0.266 e. The highest BCUT2D eigenvalue weighted by molar-refractivity contribution is 7.14. The monoisotopic (exact) mass is 355 g/mol. The number of carbonyl (C=O) groups excluding carboxylic acids is 1. The number of pyridine rings is 1. The standard InChI is InChI=1S/C18H17N3O3S/c1-12(24-15-7-5-14(23-2)6-8-15)17(22)21-18-20-16(11-25-18)13-4-3-9-19-10-13/h3-12H,1-2H3,(H,20,21,22). The van der Waals surface area contributed by atoms with Crippen molar-refractivity contribution in [2.45, 2.75) is 13.0 Å². The van der Waals surface area contributed by atoms with Crippen molar-refractivity contribution in [2.75, 3.05) is 12.4 Å². The molecule has 2 aromatic heterocycles. The summed E-state index contributed by atoms with van der Waals surface area (Å²) in [5.41, 5.74) is 1.68. The molecule has 25 heavy (non-hydrogen) atoms.